The lowest BCUT2D eigenvalue weighted by Crippen LogP contribution is -2.58. The molecule has 5 nitrogen and oxygen atoms in total. The van der Waals surface area contributed by atoms with Crippen molar-refractivity contribution in [2.75, 3.05) is 32.7 Å². The largest absolute Gasteiger partial charge is 0.301 e. The van der Waals surface area contributed by atoms with E-state index in [1.165, 1.54) is 19.4 Å². The van der Waals surface area contributed by atoms with Crippen LogP contribution in [-0.2, 0) is 10.0 Å². The highest BCUT2D eigenvalue weighted by Crippen LogP contribution is 2.26. The molecule has 0 bridgehead atoms. The molecule has 2 atom stereocenters. The molecule has 2 fully saturated rings. The van der Waals surface area contributed by atoms with Gasteiger partial charge in [0.25, 0.3) is 0 Å². The van der Waals surface area contributed by atoms with Gasteiger partial charge in [0, 0.05) is 38.3 Å². The number of rotatable bonds is 6. The van der Waals surface area contributed by atoms with Crippen LogP contribution in [0.25, 0.3) is 0 Å². The zero-order chi connectivity index (χ0) is 17.7. The van der Waals surface area contributed by atoms with Crippen LogP contribution in [-0.4, -0.2) is 63.0 Å². The van der Waals surface area contributed by atoms with Gasteiger partial charge in [0.1, 0.15) is 0 Å². The van der Waals surface area contributed by atoms with E-state index in [1.807, 2.05) is 6.07 Å². The second kappa shape index (κ2) is 8.62. The average Bonchev–Trinajstić information content (AvgIpc) is 2.64. The summed E-state index contributed by atoms with van der Waals surface area (Å²) in [6, 6.07) is 9.10. The Bertz CT molecular complexity index is 627. The van der Waals surface area contributed by atoms with Gasteiger partial charge in [-0.3, -0.25) is 4.90 Å². The monoisotopic (exact) mass is 365 g/mol. The number of hydrogen-bond acceptors (Lipinski definition) is 4. The predicted octanol–water partition coefficient (Wildman–Crippen LogP) is 2.30. The molecular formula is C19H31N3O2S. The Morgan fingerprint density at radius 3 is 2.40 bits per heavy atom. The minimum absolute atomic E-state index is 0.0247. The minimum atomic E-state index is -3.44. The Morgan fingerprint density at radius 2 is 1.72 bits per heavy atom. The summed E-state index contributed by atoms with van der Waals surface area (Å²) in [6.45, 7) is 7.69. The molecule has 0 radical (unpaired) electrons. The summed E-state index contributed by atoms with van der Waals surface area (Å²) in [4.78, 5) is 5.40. The second-order valence-corrected chi connectivity index (χ2v) is 8.98. The molecule has 6 heteroatoms. The summed E-state index contributed by atoms with van der Waals surface area (Å²) in [5.41, 5.74) is 0. The van der Waals surface area contributed by atoms with E-state index in [0.717, 1.165) is 45.4 Å². The van der Waals surface area contributed by atoms with Crippen molar-refractivity contribution in [2.24, 2.45) is 0 Å². The van der Waals surface area contributed by atoms with Gasteiger partial charge >= 0.3 is 0 Å². The summed E-state index contributed by atoms with van der Waals surface area (Å²) >= 11 is 0. The fraction of sp³-hybridized carbons (Fsp3) is 0.684. The van der Waals surface area contributed by atoms with Gasteiger partial charge in [-0.2, -0.15) is 0 Å². The summed E-state index contributed by atoms with van der Waals surface area (Å²) < 4.78 is 28.5. The lowest BCUT2D eigenvalue weighted by Gasteiger charge is -2.44. The Hall–Kier alpha value is -0.950. The maximum atomic E-state index is 12.7. The summed E-state index contributed by atoms with van der Waals surface area (Å²) in [6.07, 6.45) is 5.53. The Labute approximate surface area is 152 Å². The Morgan fingerprint density at radius 1 is 1.04 bits per heavy atom. The van der Waals surface area contributed by atoms with Crippen molar-refractivity contribution in [1.82, 2.24) is 14.5 Å². The zero-order valence-electron chi connectivity index (χ0n) is 15.2. The van der Waals surface area contributed by atoms with E-state index in [0.29, 0.717) is 10.9 Å². The van der Waals surface area contributed by atoms with Crippen LogP contribution in [0.1, 0.15) is 39.0 Å². The van der Waals surface area contributed by atoms with Crippen molar-refractivity contribution in [3.63, 3.8) is 0 Å². The van der Waals surface area contributed by atoms with E-state index in [2.05, 4.69) is 21.4 Å². The van der Waals surface area contributed by atoms with E-state index >= 15 is 0 Å². The fourth-order valence-corrected chi connectivity index (χ4v) is 5.51. The summed E-state index contributed by atoms with van der Waals surface area (Å²) in [5, 5.41) is 0. The topological polar surface area (TPSA) is 52.6 Å². The standard InChI is InChI=1S/C19H31N3O2S/c1-2-12-21-13-15-22(16-14-21)19-11-7-6-10-18(19)20-25(23,24)17-8-4-3-5-9-17/h3-5,8-9,18-20H,2,6-7,10-16H2,1H3/t18-,19-/m1/s1. The van der Waals surface area contributed by atoms with Crippen LogP contribution in [0.4, 0.5) is 0 Å². The van der Waals surface area contributed by atoms with Gasteiger partial charge in [-0.15, -0.1) is 0 Å². The highest BCUT2D eigenvalue weighted by molar-refractivity contribution is 7.89. The van der Waals surface area contributed by atoms with Crippen LogP contribution in [0.15, 0.2) is 35.2 Å². The van der Waals surface area contributed by atoms with Gasteiger partial charge in [0.05, 0.1) is 4.90 Å². The van der Waals surface area contributed by atoms with Gasteiger partial charge < -0.3 is 4.90 Å². The smallest absolute Gasteiger partial charge is 0.240 e. The fourth-order valence-electron chi connectivity index (χ4n) is 4.19. The summed E-state index contributed by atoms with van der Waals surface area (Å²) in [5.74, 6) is 0. The quantitative estimate of drug-likeness (QED) is 0.840. The van der Waals surface area contributed by atoms with E-state index < -0.39 is 10.0 Å². The highest BCUT2D eigenvalue weighted by Gasteiger charge is 2.34. The van der Waals surface area contributed by atoms with Crippen LogP contribution in [0.2, 0.25) is 0 Å². The van der Waals surface area contributed by atoms with Crippen LogP contribution < -0.4 is 4.72 Å². The minimum Gasteiger partial charge on any atom is -0.301 e. The van der Waals surface area contributed by atoms with Crippen molar-refractivity contribution in [1.29, 1.82) is 0 Å². The van der Waals surface area contributed by atoms with E-state index in [1.54, 1.807) is 24.3 Å². The van der Waals surface area contributed by atoms with Crippen molar-refractivity contribution < 1.29 is 8.42 Å². The molecule has 25 heavy (non-hydrogen) atoms. The van der Waals surface area contributed by atoms with Crippen LogP contribution in [0, 0.1) is 0 Å². The van der Waals surface area contributed by atoms with Crippen molar-refractivity contribution in [2.45, 2.75) is 56.0 Å². The molecular weight excluding hydrogens is 334 g/mol. The maximum Gasteiger partial charge on any atom is 0.240 e. The third kappa shape index (κ3) is 4.82. The molecule has 0 spiro atoms. The molecule has 1 N–H and O–H groups in total. The highest BCUT2D eigenvalue weighted by atomic mass is 32.2. The lowest BCUT2D eigenvalue weighted by molar-refractivity contribution is 0.0663. The molecule has 1 heterocycles. The third-order valence-electron chi connectivity index (χ3n) is 5.51. The van der Waals surface area contributed by atoms with Crippen LogP contribution in [0.3, 0.4) is 0 Å². The number of hydrogen-bond donors (Lipinski definition) is 1. The number of nitrogens with one attached hydrogen (secondary N) is 1. The molecule has 1 aliphatic carbocycles. The predicted molar refractivity (Wildman–Crippen MR) is 101 cm³/mol. The summed E-state index contributed by atoms with van der Waals surface area (Å²) in [7, 11) is -3.44. The number of piperazine rings is 1. The van der Waals surface area contributed by atoms with E-state index in [9.17, 15) is 8.42 Å². The molecule has 0 amide bonds. The third-order valence-corrected chi connectivity index (χ3v) is 7.01. The Balaban J connectivity index is 1.65. The molecule has 1 aromatic carbocycles. The van der Waals surface area contributed by atoms with Crippen molar-refractivity contribution in [3.05, 3.63) is 30.3 Å². The molecule has 3 rings (SSSR count). The first-order chi connectivity index (χ1) is 12.1. The molecule has 0 unspecified atom stereocenters. The van der Waals surface area contributed by atoms with E-state index in [4.69, 9.17) is 0 Å². The molecule has 1 aromatic rings. The van der Waals surface area contributed by atoms with Gasteiger partial charge in [0.2, 0.25) is 10.0 Å². The number of sulfonamides is 1. The molecule has 2 aliphatic rings. The molecule has 1 aliphatic heterocycles. The molecule has 1 saturated heterocycles. The normalized spacial score (nSPS) is 26.6. The average molecular weight is 366 g/mol. The first kappa shape index (κ1) is 18.8. The van der Waals surface area contributed by atoms with Gasteiger partial charge in [-0.25, -0.2) is 13.1 Å². The molecule has 1 saturated carbocycles. The van der Waals surface area contributed by atoms with Crippen LogP contribution in [0.5, 0.6) is 0 Å². The Kier molecular flexibility index (Phi) is 6.49. The van der Waals surface area contributed by atoms with Crippen molar-refractivity contribution >= 4 is 10.0 Å². The number of benzene rings is 1. The zero-order valence-corrected chi connectivity index (χ0v) is 16.0. The molecule has 140 valence electrons. The second-order valence-electron chi connectivity index (χ2n) is 7.27. The molecule has 0 aromatic heterocycles. The van der Waals surface area contributed by atoms with Gasteiger partial charge in [-0.05, 0) is 37.9 Å². The van der Waals surface area contributed by atoms with Crippen molar-refractivity contribution in [3.8, 4) is 0 Å². The maximum absolute atomic E-state index is 12.7. The first-order valence-electron chi connectivity index (χ1n) is 9.64. The van der Waals surface area contributed by atoms with E-state index in [-0.39, 0.29) is 6.04 Å². The van der Waals surface area contributed by atoms with Crippen LogP contribution >= 0.6 is 0 Å². The van der Waals surface area contributed by atoms with Gasteiger partial charge in [-0.1, -0.05) is 38.0 Å². The first-order valence-corrected chi connectivity index (χ1v) is 11.1. The lowest BCUT2D eigenvalue weighted by atomic mass is 9.89. The number of nitrogens with zero attached hydrogens (tertiary/aromatic N) is 2. The SMILES string of the molecule is CCCN1CCN([C@@H]2CCCC[C@H]2NS(=O)(=O)c2ccccc2)CC1. The van der Waals surface area contributed by atoms with Gasteiger partial charge in [0.15, 0.2) is 0 Å².